The van der Waals surface area contributed by atoms with E-state index < -0.39 is 0 Å². The summed E-state index contributed by atoms with van der Waals surface area (Å²) in [5, 5.41) is 2.70. The molecule has 2 heterocycles. The summed E-state index contributed by atoms with van der Waals surface area (Å²) >= 11 is 0. The number of rotatable bonds is 2. The largest absolute Gasteiger partial charge is 0.396 e. The van der Waals surface area contributed by atoms with Gasteiger partial charge in [0.1, 0.15) is 5.69 Å². The Bertz CT molecular complexity index is 554. The Morgan fingerprint density at radius 3 is 2.88 bits per heavy atom. The van der Waals surface area contributed by atoms with Gasteiger partial charge in [-0.25, -0.2) is 0 Å². The quantitative estimate of drug-likeness (QED) is 0.818. The van der Waals surface area contributed by atoms with Crippen molar-refractivity contribution in [2.45, 2.75) is 6.92 Å². The van der Waals surface area contributed by atoms with Crippen molar-refractivity contribution in [3.8, 4) is 0 Å². The van der Waals surface area contributed by atoms with E-state index in [4.69, 9.17) is 5.73 Å². The van der Waals surface area contributed by atoms with Gasteiger partial charge in [0.05, 0.1) is 17.6 Å². The van der Waals surface area contributed by atoms with Crippen LogP contribution in [-0.4, -0.2) is 15.9 Å². The Morgan fingerprint density at radius 1 is 1.35 bits per heavy atom. The summed E-state index contributed by atoms with van der Waals surface area (Å²) in [4.78, 5) is 19.8. The van der Waals surface area contributed by atoms with Crippen molar-refractivity contribution in [3.63, 3.8) is 0 Å². The van der Waals surface area contributed by atoms with Crippen molar-refractivity contribution in [1.29, 1.82) is 0 Å². The molecule has 17 heavy (non-hydrogen) atoms. The lowest BCUT2D eigenvalue weighted by Crippen LogP contribution is -2.16. The number of hydrogen-bond acceptors (Lipinski definition) is 4. The second kappa shape index (κ2) is 4.61. The molecule has 0 saturated carbocycles. The number of aryl methyl sites for hydroxylation is 1. The van der Waals surface area contributed by atoms with Gasteiger partial charge in [0.25, 0.3) is 5.91 Å². The monoisotopic (exact) mass is 228 g/mol. The molecule has 0 spiro atoms. The van der Waals surface area contributed by atoms with Gasteiger partial charge < -0.3 is 11.1 Å². The number of amides is 1. The molecule has 0 saturated heterocycles. The van der Waals surface area contributed by atoms with E-state index in [9.17, 15) is 4.79 Å². The van der Waals surface area contributed by atoms with E-state index in [0.717, 1.165) is 5.56 Å². The van der Waals surface area contributed by atoms with Crippen LogP contribution in [0.15, 0.2) is 36.8 Å². The van der Waals surface area contributed by atoms with Crippen LogP contribution in [0.5, 0.6) is 0 Å². The van der Waals surface area contributed by atoms with Gasteiger partial charge in [0.15, 0.2) is 0 Å². The van der Waals surface area contributed by atoms with Crippen LogP contribution >= 0.6 is 0 Å². The second-order valence-electron chi connectivity index (χ2n) is 3.59. The van der Waals surface area contributed by atoms with Gasteiger partial charge in [-0.05, 0) is 24.6 Å². The molecule has 2 rings (SSSR count). The van der Waals surface area contributed by atoms with Gasteiger partial charge in [0, 0.05) is 12.4 Å². The lowest BCUT2D eigenvalue weighted by Gasteiger charge is -2.08. The summed E-state index contributed by atoms with van der Waals surface area (Å²) in [6.45, 7) is 1.83. The first kappa shape index (κ1) is 11.1. The van der Waals surface area contributed by atoms with Crippen LogP contribution in [0, 0.1) is 6.92 Å². The molecule has 0 aromatic carbocycles. The summed E-state index contributed by atoms with van der Waals surface area (Å²) in [6.07, 6.45) is 4.63. The Balaban J connectivity index is 2.24. The van der Waals surface area contributed by atoms with Gasteiger partial charge in [-0.15, -0.1) is 0 Å². The van der Waals surface area contributed by atoms with Gasteiger partial charge in [-0.3, -0.25) is 14.8 Å². The zero-order valence-corrected chi connectivity index (χ0v) is 9.34. The number of nitrogens with zero attached hydrogens (tertiary/aromatic N) is 2. The Hall–Kier alpha value is -2.43. The third kappa shape index (κ3) is 2.39. The van der Waals surface area contributed by atoms with E-state index in [1.807, 2.05) is 13.0 Å². The van der Waals surface area contributed by atoms with Gasteiger partial charge in [-0.1, -0.05) is 6.07 Å². The third-order valence-electron chi connectivity index (χ3n) is 2.32. The first-order chi connectivity index (χ1) is 8.18. The fourth-order valence-corrected chi connectivity index (χ4v) is 1.43. The number of aromatic nitrogens is 2. The summed E-state index contributed by atoms with van der Waals surface area (Å²) in [5.41, 5.74) is 7.86. The van der Waals surface area contributed by atoms with Crippen LogP contribution in [0.25, 0.3) is 0 Å². The predicted octanol–water partition coefficient (Wildman–Crippen LogP) is 1.62. The minimum Gasteiger partial charge on any atom is -0.396 e. The molecule has 0 radical (unpaired) electrons. The SMILES string of the molecule is Cc1cccnc1C(=O)Nc1ccncc1N. The molecule has 2 aromatic rings. The topological polar surface area (TPSA) is 80.9 Å². The second-order valence-corrected chi connectivity index (χ2v) is 3.59. The van der Waals surface area contributed by atoms with E-state index in [1.165, 1.54) is 6.20 Å². The minimum absolute atomic E-state index is 0.277. The highest BCUT2D eigenvalue weighted by atomic mass is 16.1. The average molecular weight is 228 g/mol. The molecule has 0 aliphatic rings. The predicted molar refractivity (Wildman–Crippen MR) is 65.6 cm³/mol. The number of anilines is 2. The normalized spacial score (nSPS) is 9.94. The van der Waals surface area contributed by atoms with Crippen LogP contribution < -0.4 is 11.1 Å². The van der Waals surface area contributed by atoms with Crippen molar-refractivity contribution in [3.05, 3.63) is 48.0 Å². The van der Waals surface area contributed by atoms with E-state index >= 15 is 0 Å². The molecule has 5 heteroatoms. The molecule has 2 aromatic heterocycles. The summed E-state index contributed by atoms with van der Waals surface area (Å²) < 4.78 is 0. The molecule has 5 nitrogen and oxygen atoms in total. The average Bonchev–Trinajstić information content (AvgIpc) is 2.32. The molecule has 0 aliphatic heterocycles. The summed E-state index contributed by atoms with van der Waals surface area (Å²) in [6, 6.07) is 5.26. The van der Waals surface area contributed by atoms with Crippen LogP contribution in [0.3, 0.4) is 0 Å². The van der Waals surface area contributed by atoms with E-state index in [-0.39, 0.29) is 5.91 Å². The van der Waals surface area contributed by atoms with Gasteiger partial charge in [-0.2, -0.15) is 0 Å². The molecule has 0 fully saturated rings. The molecule has 0 bridgehead atoms. The molecule has 0 aliphatic carbocycles. The Morgan fingerprint density at radius 2 is 2.18 bits per heavy atom. The number of nitrogen functional groups attached to an aromatic ring is 1. The van der Waals surface area contributed by atoms with Crippen molar-refractivity contribution in [2.24, 2.45) is 0 Å². The maximum absolute atomic E-state index is 11.9. The highest BCUT2D eigenvalue weighted by molar-refractivity contribution is 6.05. The lowest BCUT2D eigenvalue weighted by molar-refractivity contribution is 0.102. The number of carbonyl (C=O) groups excluding carboxylic acids is 1. The highest BCUT2D eigenvalue weighted by Gasteiger charge is 2.11. The van der Waals surface area contributed by atoms with E-state index in [0.29, 0.717) is 17.1 Å². The first-order valence-electron chi connectivity index (χ1n) is 5.11. The Kier molecular flexibility index (Phi) is 3.00. The zero-order chi connectivity index (χ0) is 12.3. The number of nitrogens with one attached hydrogen (secondary N) is 1. The number of hydrogen-bond donors (Lipinski definition) is 2. The van der Waals surface area contributed by atoms with Gasteiger partial charge in [0.2, 0.25) is 0 Å². The van der Waals surface area contributed by atoms with Crippen LogP contribution in [0.2, 0.25) is 0 Å². The van der Waals surface area contributed by atoms with E-state index in [1.54, 1.807) is 24.5 Å². The van der Waals surface area contributed by atoms with Crippen molar-refractivity contribution in [2.75, 3.05) is 11.1 Å². The zero-order valence-electron chi connectivity index (χ0n) is 9.34. The van der Waals surface area contributed by atoms with Crippen LogP contribution in [0.1, 0.15) is 16.1 Å². The van der Waals surface area contributed by atoms with Crippen molar-refractivity contribution in [1.82, 2.24) is 9.97 Å². The van der Waals surface area contributed by atoms with E-state index in [2.05, 4.69) is 15.3 Å². The molecule has 1 amide bonds. The summed E-state index contributed by atoms with van der Waals surface area (Å²) in [7, 11) is 0. The molecular formula is C12H12N4O. The fraction of sp³-hybridized carbons (Fsp3) is 0.0833. The molecule has 0 unspecified atom stereocenters. The fourth-order valence-electron chi connectivity index (χ4n) is 1.43. The molecular weight excluding hydrogens is 216 g/mol. The van der Waals surface area contributed by atoms with Gasteiger partial charge >= 0.3 is 0 Å². The minimum atomic E-state index is -0.277. The van der Waals surface area contributed by atoms with Crippen LogP contribution in [-0.2, 0) is 0 Å². The molecule has 0 atom stereocenters. The maximum Gasteiger partial charge on any atom is 0.274 e. The maximum atomic E-state index is 11.9. The van der Waals surface area contributed by atoms with Crippen molar-refractivity contribution < 1.29 is 4.79 Å². The van der Waals surface area contributed by atoms with Crippen molar-refractivity contribution >= 4 is 17.3 Å². The first-order valence-corrected chi connectivity index (χ1v) is 5.11. The standard InChI is InChI=1S/C12H12N4O/c1-8-3-2-5-15-11(8)12(17)16-10-4-6-14-7-9(10)13/h2-7H,13H2,1H3,(H,14,16,17). The third-order valence-corrected chi connectivity index (χ3v) is 2.32. The number of pyridine rings is 2. The summed E-state index contributed by atoms with van der Waals surface area (Å²) in [5.74, 6) is -0.277. The number of nitrogens with two attached hydrogens (primary N) is 1. The molecule has 3 N–H and O–H groups in total. The van der Waals surface area contributed by atoms with Crippen LogP contribution in [0.4, 0.5) is 11.4 Å². The molecule has 86 valence electrons. The lowest BCUT2D eigenvalue weighted by atomic mass is 10.2. The highest BCUT2D eigenvalue weighted by Crippen LogP contribution is 2.16. The number of carbonyl (C=O) groups is 1. The smallest absolute Gasteiger partial charge is 0.274 e. The Labute approximate surface area is 98.7 Å².